The highest BCUT2D eigenvalue weighted by molar-refractivity contribution is 7.17. The molecule has 2 heterocycles. The van der Waals surface area contributed by atoms with E-state index >= 15 is 0 Å². The number of hydrogen-bond acceptors (Lipinski definition) is 4. The number of aromatic nitrogens is 2. The Balaban J connectivity index is 2.28. The fourth-order valence-corrected chi connectivity index (χ4v) is 2.96. The van der Waals surface area contributed by atoms with Crippen LogP contribution in [0, 0.1) is 5.41 Å². The predicted octanol–water partition coefficient (Wildman–Crippen LogP) is 3.26. The van der Waals surface area contributed by atoms with Gasteiger partial charge in [-0.2, -0.15) is 0 Å². The third-order valence-corrected chi connectivity index (χ3v) is 4.16. The van der Waals surface area contributed by atoms with Crippen molar-refractivity contribution in [3.8, 4) is 0 Å². The summed E-state index contributed by atoms with van der Waals surface area (Å²) in [6.45, 7) is 9.95. The van der Waals surface area contributed by atoms with Crippen LogP contribution in [0.4, 0.5) is 0 Å². The van der Waals surface area contributed by atoms with Gasteiger partial charge in [-0.3, -0.25) is 0 Å². The van der Waals surface area contributed by atoms with Crippen molar-refractivity contribution in [1.29, 1.82) is 0 Å². The molecule has 0 aliphatic carbocycles. The maximum atomic E-state index is 4.47. The van der Waals surface area contributed by atoms with Gasteiger partial charge in [0.1, 0.15) is 6.33 Å². The van der Waals surface area contributed by atoms with Crippen LogP contribution in [0.25, 0.3) is 10.2 Å². The van der Waals surface area contributed by atoms with E-state index in [1.165, 1.54) is 4.70 Å². The molecule has 4 heteroatoms. The van der Waals surface area contributed by atoms with Crippen LogP contribution in [-0.4, -0.2) is 22.6 Å². The Bertz CT molecular complexity index is 513. The van der Waals surface area contributed by atoms with E-state index in [9.17, 15) is 0 Å². The first-order valence-electron chi connectivity index (χ1n) is 6.43. The molecule has 0 aromatic carbocycles. The minimum atomic E-state index is 0.227. The molecule has 0 bridgehead atoms. The molecular weight excluding hydrogens is 242 g/mol. The largest absolute Gasteiger partial charge is 0.313 e. The van der Waals surface area contributed by atoms with E-state index in [0.717, 1.165) is 24.2 Å². The summed E-state index contributed by atoms with van der Waals surface area (Å²) in [4.78, 5) is 8.77. The van der Waals surface area contributed by atoms with Gasteiger partial charge in [0.05, 0.1) is 15.9 Å². The maximum Gasteiger partial charge on any atom is 0.116 e. The van der Waals surface area contributed by atoms with E-state index < -0.39 is 0 Å². The van der Waals surface area contributed by atoms with Gasteiger partial charge >= 0.3 is 0 Å². The second-order valence-corrected chi connectivity index (χ2v) is 6.55. The lowest BCUT2D eigenvalue weighted by Gasteiger charge is -2.31. The zero-order chi connectivity index (χ0) is 13.2. The van der Waals surface area contributed by atoms with Crippen LogP contribution in [-0.2, 0) is 6.42 Å². The molecule has 0 saturated heterocycles. The third kappa shape index (κ3) is 2.87. The SMILES string of the molecule is CCNC(Cc1ncnc2ccsc12)C(C)(C)C. The van der Waals surface area contributed by atoms with Crippen molar-refractivity contribution in [3.05, 3.63) is 23.5 Å². The monoisotopic (exact) mass is 263 g/mol. The molecule has 3 nitrogen and oxygen atoms in total. The molecule has 0 radical (unpaired) electrons. The summed E-state index contributed by atoms with van der Waals surface area (Å²) >= 11 is 1.73. The zero-order valence-electron chi connectivity index (χ0n) is 11.5. The number of nitrogens with one attached hydrogen (secondary N) is 1. The topological polar surface area (TPSA) is 37.8 Å². The first-order valence-corrected chi connectivity index (χ1v) is 7.30. The lowest BCUT2D eigenvalue weighted by Crippen LogP contribution is -2.42. The van der Waals surface area contributed by atoms with Crippen LogP contribution in [0.15, 0.2) is 17.8 Å². The van der Waals surface area contributed by atoms with Crippen LogP contribution in [0.5, 0.6) is 0 Å². The maximum absolute atomic E-state index is 4.47. The van der Waals surface area contributed by atoms with Gasteiger partial charge in [0, 0.05) is 12.5 Å². The van der Waals surface area contributed by atoms with Crippen LogP contribution >= 0.6 is 11.3 Å². The molecule has 2 rings (SSSR count). The fourth-order valence-electron chi connectivity index (χ4n) is 2.11. The highest BCUT2D eigenvalue weighted by Gasteiger charge is 2.25. The molecule has 0 fully saturated rings. The van der Waals surface area contributed by atoms with Crippen molar-refractivity contribution in [3.63, 3.8) is 0 Å². The van der Waals surface area contributed by atoms with E-state index in [2.05, 4.69) is 54.4 Å². The summed E-state index contributed by atoms with van der Waals surface area (Å²) in [6.07, 6.45) is 2.63. The molecule has 1 N–H and O–H groups in total. The van der Waals surface area contributed by atoms with Gasteiger partial charge in [-0.15, -0.1) is 11.3 Å². The van der Waals surface area contributed by atoms with Gasteiger partial charge in [-0.25, -0.2) is 9.97 Å². The van der Waals surface area contributed by atoms with Crippen LogP contribution in [0.3, 0.4) is 0 Å². The summed E-state index contributed by atoms with van der Waals surface area (Å²) in [6, 6.07) is 2.49. The van der Waals surface area contributed by atoms with Gasteiger partial charge in [-0.05, 0) is 23.4 Å². The lowest BCUT2D eigenvalue weighted by molar-refractivity contribution is 0.269. The Labute approximate surface area is 113 Å². The third-order valence-electron chi connectivity index (χ3n) is 3.21. The molecule has 2 aromatic rings. The Hall–Kier alpha value is -1.000. The zero-order valence-corrected chi connectivity index (χ0v) is 12.3. The minimum absolute atomic E-state index is 0.227. The van der Waals surface area contributed by atoms with Crippen LogP contribution in [0.2, 0.25) is 0 Å². The first-order chi connectivity index (χ1) is 8.52. The number of nitrogens with zero attached hydrogens (tertiary/aromatic N) is 2. The van der Waals surface area contributed by atoms with Crippen LogP contribution < -0.4 is 5.32 Å². The van der Waals surface area contributed by atoms with Gasteiger partial charge in [0.25, 0.3) is 0 Å². The van der Waals surface area contributed by atoms with Crippen molar-refractivity contribution in [2.45, 2.75) is 40.2 Å². The molecule has 98 valence electrons. The Morgan fingerprint density at radius 2 is 2.11 bits per heavy atom. The molecule has 1 atom stereocenters. The molecule has 1 unspecified atom stereocenters. The standard InChI is InChI=1S/C14H21N3S/c1-5-15-12(14(2,3)4)8-11-13-10(6-7-18-13)16-9-17-11/h6-7,9,12,15H,5,8H2,1-4H3. The van der Waals surface area contributed by atoms with E-state index in [0.29, 0.717) is 6.04 Å². The van der Waals surface area contributed by atoms with E-state index in [4.69, 9.17) is 0 Å². The number of likely N-dealkylation sites (N-methyl/N-ethyl adjacent to an activating group) is 1. The summed E-state index contributed by atoms with van der Waals surface area (Å²) in [5, 5.41) is 5.66. The van der Waals surface area contributed by atoms with Gasteiger partial charge in [0.15, 0.2) is 0 Å². The normalized spacial score (nSPS) is 14.0. The van der Waals surface area contributed by atoms with Gasteiger partial charge in [-0.1, -0.05) is 27.7 Å². The minimum Gasteiger partial charge on any atom is -0.313 e. The summed E-state index contributed by atoms with van der Waals surface area (Å²) < 4.78 is 1.23. The quantitative estimate of drug-likeness (QED) is 0.920. The smallest absolute Gasteiger partial charge is 0.116 e. The van der Waals surface area contributed by atoms with Crippen molar-refractivity contribution in [1.82, 2.24) is 15.3 Å². The molecule has 0 aliphatic rings. The van der Waals surface area contributed by atoms with Crippen molar-refractivity contribution in [2.75, 3.05) is 6.54 Å². The number of hydrogen-bond donors (Lipinski definition) is 1. The van der Waals surface area contributed by atoms with Gasteiger partial charge in [0.2, 0.25) is 0 Å². The molecular formula is C14H21N3S. The first kappa shape index (κ1) is 13.4. The predicted molar refractivity (Wildman–Crippen MR) is 78.0 cm³/mol. The fraction of sp³-hybridized carbons (Fsp3) is 0.571. The summed E-state index contributed by atoms with van der Waals surface area (Å²) in [5.41, 5.74) is 2.45. The number of thiophene rings is 1. The molecule has 0 amide bonds. The second kappa shape index (κ2) is 5.33. The Kier molecular flexibility index (Phi) is 3.97. The molecule has 0 spiro atoms. The van der Waals surface area contributed by atoms with Crippen molar-refractivity contribution in [2.24, 2.45) is 5.41 Å². The van der Waals surface area contributed by atoms with E-state index in [-0.39, 0.29) is 5.41 Å². The van der Waals surface area contributed by atoms with E-state index in [1.807, 2.05) is 0 Å². The van der Waals surface area contributed by atoms with E-state index in [1.54, 1.807) is 17.7 Å². The number of rotatable bonds is 4. The highest BCUT2D eigenvalue weighted by Crippen LogP contribution is 2.27. The lowest BCUT2D eigenvalue weighted by atomic mass is 9.84. The molecule has 0 saturated carbocycles. The van der Waals surface area contributed by atoms with Crippen molar-refractivity contribution < 1.29 is 0 Å². The van der Waals surface area contributed by atoms with Crippen molar-refractivity contribution >= 4 is 21.6 Å². The molecule has 18 heavy (non-hydrogen) atoms. The molecule has 2 aromatic heterocycles. The second-order valence-electron chi connectivity index (χ2n) is 5.64. The average molecular weight is 263 g/mol. The average Bonchev–Trinajstić information content (AvgIpc) is 2.76. The summed E-state index contributed by atoms with van der Waals surface area (Å²) in [5.74, 6) is 0. The van der Waals surface area contributed by atoms with Crippen LogP contribution in [0.1, 0.15) is 33.4 Å². The Morgan fingerprint density at radius 3 is 2.78 bits per heavy atom. The molecule has 0 aliphatic heterocycles. The van der Waals surface area contributed by atoms with Gasteiger partial charge < -0.3 is 5.32 Å². The number of fused-ring (bicyclic) bond motifs is 1. The Morgan fingerprint density at radius 1 is 1.33 bits per heavy atom. The highest BCUT2D eigenvalue weighted by atomic mass is 32.1. The summed E-state index contributed by atoms with van der Waals surface area (Å²) in [7, 11) is 0.